The minimum absolute atomic E-state index is 0. The third-order valence-corrected chi connectivity index (χ3v) is 20.0. The fourth-order valence-electron chi connectivity index (χ4n) is 15.8. The summed E-state index contributed by atoms with van der Waals surface area (Å²) >= 11 is 0. The lowest BCUT2D eigenvalue weighted by atomic mass is 9.43. The molecule has 9 heteroatoms. The molecule has 0 aromatic carbocycles. The molecule has 2 heterocycles. The number of aromatic nitrogens is 2. The highest BCUT2D eigenvalue weighted by Gasteiger charge is 2.70. The monoisotopic (exact) mass is 851 g/mol. The molecule has 2 aromatic rings. The van der Waals surface area contributed by atoms with E-state index in [4.69, 9.17) is 0 Å². The molecule has 6 saturated carbocycles. The summed E-state index contributed by atoms with van der Waals surface area (Å²) in [4.78, 5) is 9.06. The first-order valence-corrected chi connectivity index (χ1v) is 23.4. The smallest absolute Gasteiger partial charge is 0.112 e. The highest BCUT2D eigenvalue weighted by molar-refractivity contribution is 5.27. The van der Waals surface area contributed by atoms with Crippen LogP contribution >= 0.6 is 0 Å². The van der Waals surface area contributed by atoms with Gasteiger partial charge < -0.3 is 35.7 Å². The van der Waals surface area contributed by atoms with E-state index in [1.165, 1.54) is 6.42 Å². The van der Waals surface area contributed by atoms with E-state index in [0.717, 1.165) is 75.6 Å². The maximum Gasteiger partial charge on any atom is 0.112 e. The molecule has 16 atom stereocenters. The molecule has 8 rings (SSSR count). The standard InChI is InChI=1S/C26H41NO3.C24H37NO4.2CH4/c1-18-8-10-23(2,19(15-18)16-28)20-9-11-25(4)24(3,21(20)17-29)12-13-26(25,30)22-7-5-6-14-27-22;1-22(9-6-17(28)13-16(22)14-26)19-7-10-23(2)20(18(19)15-27)8-11-24(23,29)21-5-3-4-12-25-21;;/h5-7,14,18-21,28-30H,8-13,15-17H2,1-4H3;3-5,12,16-20,26-29H,6-11,13-15H2,1-2H3;2*1H4/t18-,19+,20-,21+,23-,24?,25-,26+;16-,17+,18-,19+,20+,22+,23+,24-;;/m01../s1. The molecule has 2 aromatic heterocycles. The molecule has 61 heavy (non-hydrogen) atoms. The van der Waals surface area contributed by atoms with Crippen molar-refractivity contribution in [3.05, 3.63) is 60.2 Å². The highest BCUT2D eigenvalue weighted by Crippen LogP contribution is 2.73. The third-order valence-electron chi connectivity index (χ3n) is 20.0. The van der Waals surface area contributed by atoms with Gasteiger partial charge in [0.1, 0.15) is 11.2 Å². The first-order valence-electron chi connectivity index (χ1n) is 23.4. The fraction of sp³-hybridized carbons (Fsp3) is 0.808. The lowest BCUT2D eigenvalue weighted by Gasteiger charge is -2.62. The number of aliphatic hydroxyl groups is 7. The van der Waals surface area contributed by atoms with E-state index < -0.39 is 11.2 Å². The van der Waals surface area contributed by atoms with Crippen molar-refractivity contribution < 1.29 is 35.7 Å². The van der Waals surface area contributed by atoms with Gasteiger partial charge in [-0.2, -0.15) is 0 Å². The number of rotatable bonds is 8. The number of pyridine rings is 2. The topological polar surface area (TPSA) is 167 Å². The van der Waals surface area contributed by atoms with Gasteiger partial charge in [-0.15, -0.1) is 0 Å². The Morgan fingerprint density at radius 1 is 0.557 bits per heavy atom. The van der Waals surface area contributed by atoms with Crippen molar-refractivity contribution in [2.75, 3.05) is 26.4 Å². The van der Waals surface area contributed by atoms with Crippen LogP contribution in [0.5, 0.6) is 0 Å². The molecular weight excluding hydrogens is 765 g/mol. The van der Waals surface area contributed by atoms with Crippen molar-refractivity contribution in [3.8, 4) is 0 Å². The molecule has 1 unspecified atom stereocenters. The van der Waals surface area contributed by atoms with E-state index >= 15 is 0 Å². The number of hydrogen-bond donors (Lipinski definition) is 7. The molecule has 0 aliphatic heterocycles. The minimum Gasteiger partial charge on any atom is -0.396 e. The van der Waals surface area contributed by atoms with Crippen molar-refractivity contribution in [1.29, 1.82) is 0 Å². The normalized spacial score (nSPS) is 46.8. The Bertz CT molecular complexity index is 1720. The molecule has 0 spiro atoms. The highest BCUT2D eigenvalue weighted by atomic mass is 16.3. The maximum atomic E-state index is 12.0. The van der Waals surface area contributed by atoms with Crippen LogP contribution in [0.15, 0.2) is 48.8 Å². The van der Waals surface area contributed by atoms with Gasteiger partial charge in [0, 0.05) is 49.7 Å². The Hall–Kier alpha value is -1.98. The van der Waals surface area contributed by atoms with Crippen LogP contribution in [-0.2, 0) is 11.2 Å². The lowest BCUT2D eigenvalue weighted by molar-refractivity contribution is -0.189. The molecule has 6 aliphatic rings. The molecule has 0 bridgehead atoms. The van der Waals surface area contributed by atoms with Crippen LogP contribution in [0.2, 0.25) is 0 Å². The summed E-state index contributed by atoms with van der Waals surface area (Å²) in [6, 6.07) is 11.6. The summed E-state index contributed by atoms with van der Waals surface area (Å²) in [6.45, 7) is 14.3. The first kappa shape index (κ1) is 50.0. The fourth-order valence-corrected chi connectivity index (χ4v) is 15.8. The zero-order valence-corrected chi connectivity index (χ0v) is 37.1. The van der Waals surface area contributed by atoms with E-state index in [1.807, 2.05) is 36.4 Å². The van der Waals surface area contributed by atoms with Gasteiger partial charge in [-0.3, -0.25) is 9.97 Å². The van der Waals surface area contributed by atoms with Gasteiger partial charge in [0.05, 0.1) is 17.5 Å². The molecule has 6 fully saturated rings. The van der Waals surface area contributed by atoms with E-state index in [1.54, 1.807) is 12.4 Å². The van der Waals surface area contributed by atoms with Crippen LogP contribution in [0.4, 0.5) is 0 Å². The third kappa shape index (κ3) is 7.68. The average molecular weight is 851 g/mol. The van der Waals surface area contributed by atoms with Gasteiger partial charge in [-0.05, 0) is 171 Å². The molecule has 346 valence electrons. The van der Waals surface area contributed by atoms with Crippen molar-refractivity contribution in [2.24, 2.45) is 74.4 Å². The summed E-state index contributed by atoms with van der Waals surface area (Å²) in [5.74, 6) is 2.13. The zero-order chi connectivity index (χ0) is 42.6. The Morgan fingerprint density at radius 2 is 1.11 bits per heavy atom. The summed E-state index contributed by atoms with van der Waals surface area (Å²) in [5, 5.41) is 75.5. The minimum atomic E-state index is -0.961. The first-order chi connectivity index (χ1) is 28.0. The Kier molecular flexibility index (Phi) is 15.2. The number of fused-ring (bicyclic) bond motifs is 2. The number of hydrogen-bond acceptors (Lipinski definition) is 9. The second kappa shape index (κ2) is 18.5. The lowest BCUT2D eigenvalue weighted by Crippen LogP contribution is -2.59. The quantitative estimate of drug-likeness (QED) is 0.138. The van der Waals surface area contributed by atoms with Crippen molar-refractivity contribution >= 4 is 0 Å². The molecular formula is C52H86N2O7. The zero-order valence-electron chi connectivity index (χ0n) is 37.1. The summed E-state index contributed by atoms with van der Waals surface area (Å²) < 4.78 is 0. The molecule has 9 nitrogen and oxygen atoms in total. The van der Waals surface area contributed by atoms with E-state index in [-0.39, 0.29) is 98.1 Å². The van der Waals surface area contributed by atoms with Gasteiger partial charge in [-0.25, -0.2) is 0 Å². The SMILES string of the molecule is C.C.C[C@H]1CC[C@](C)([C@H]2CC[C@@]3(C)C(C)(CC[C@@]3(O)c3ccccn3)[C@@H]2CO)[C@@H](CO)C1.C[C@]1([C@H]2CC[C@@]3(C)[C@@H](CC[C@@]3(O)c3ccccn3)[C@@H]2CO)CC[C@H](O)C[C@@H]1CO. The van der Waals surface area contributed by atoms with Gasteiger partial charge in [0.2, 0.25) is 0 Å². The molecule has 0 radical (unpaired) electrons. The Balaban J connectivity index is 0.000000224. The summed E-state index contributed by atoms with van der Waals surface area (Å²) in [5.41, 5.74) is -1.24. The maximum absolute atomic E-state index is 12.0. The van der Waals surface area contributed by atoms with E-state index in [0.29, 0.717) is 42.9 Å². The van der Waals surface area contributed by atoms with Gasteiger partial charge >= 0.3 is 0 Å². The number of aliphatic hydroxyl groups excluding tert-OH is 5. The molecule has 6 aliphatic carbocycles. The molecule has 7 N–H and O–H groups in total. The second-order valence-corrected chi connectivity index (χ2v) is 22.0. The van der Waals surface area contributed by atoms with E-state index in [2.05, 4.69) is 51.5 Å². The Morgan fingerprint density at radius 3 is 1.69 bits per heavy atom. The molecule has 0 amide bonds. The van der Waals surface area contributed by atoms with Crippen molar-refractivity contribution in [2.45, 2.75) is 164 Å². The van der Waals surface area contributed by atoms with Crippen LogP contribution in [-0.4, -0.2) is 78.2 Å². The van der Waals surface area contributed by atoms with Gasteiger partial charge in [0.15, 0.2) is 0 Å². The Labute approximate surface area is 369 Å². The van der Waals surface area contributed by atoms with Crippen LogP contribution < -0.4 is 0 Å². The number of nitrogens with zero attached hydrogens (tertiary/aromatic N) is 2. The van der Waals surface area contributed by atoms with Gasteiger partial charge in [0.25, 0.3) is 0 Å². The second-order valence-electron chi connectivity index (χ2n) is 22.0. The summed E-state index contributed by atoms with van der Waals surface area (Å²) in [6.07, 6.45) is 15.8. The van der Waals surface area contributed by atoms with Gasteiger partial charge in [-0.1, -0.05) is 74.9 Å². The molecule has 0 saturated heterocycles. The van der Waals surface area contributed by atoms with Crippen molar-refractivity contribution in [3.63, 3.8) is 0 Å². The van der Waals surface area contributed by atoms with E-state index in [9.17, 15) is 35.7 Å². The predicted molar refractivity (Wildman–Crippen MR) is 243 cm³/mol. The largest absolute Gasteiger partial charge is 0.396 e. The van der Waals surface area contributed by atoms with Crippen LogP contribution in [0.25, 0.3) is 0 Å². The van der Waals surface area contributed by atoms with Crippen LogP contribution in [0, 0.1) is 74.4 Å². The average Bonchev–Trinajstić information content (AvgIpc) is 3.65. The van der Waals surface area contributed by atoms with Crippen LogP contribution in [0.3, 0.4) is 0 Å². The summed E-state index contributed by atoms with van der Waals surface area (Å²) in [7, 11) is 0. The van der Waals surface area contributed by atoms with Crippen molar-refractivity contribution in [1.82, 2.24) is 9.97 Å². The predicted octanol–water partition coefficient (Wildman–Crippen LogP) is 8.66. The van der Waals surface area contributed by atoms with Crippen LogP contribution in [0.1, 0.15) is 158 Å².